The Morgan fingerprint density at radius 1 is 1.35 bits per heavy atom. The van der Waals surface area contributed by atoms with E-state index in [1.165, 1.54) is 6.21 Å². The number of carbonyl (C=O) groups excluding carboxylic acids is 2. The number of nitrogens with one attached hydrogen (secondary N) is 1. The Balaban J connectivity index is 2.33. The van der Waals surface area contributed by atoms with Gasteiger partial charge in [0.1, 0.15) is 6.42 Å². The van der Waals surface area contributed by atoms with E-state index in [9.17, 15) is 9.59 Å². The highest BCUT2D eigenvalue weighted by Crippen LogP contribution is 1.93. The van der Waals surface area contributed by atoms with E-state index in [4.69, 9.17) is 0 Å². The van der Waals surface area contributed by atoms with Gasteiger partial charge in [0.05, 0.1) is 12.8 Å². The second kappa shape index (κ2) is 7.16. The Labute approximate surface area is 99.5 Å². The Hall–Kier alpha value is -2.17. The summed E-state index contributed by atoms with van der Waals surface area (Å²) in [5, 5.41) is 3.72. The number of ether oxygens (including phenoxy) is 1. The first kappa shape index (κ1) is 12.9. The van der Waals surface area contributed by atoms with Gasteiger partial charge in [-0.25, -0.2) is 5.43 Å². The summed E-state index contributed by atoms with van der Waals surface area (Å²) in [6, 6.07) is 9.31. The maximum Gasteiger partial charge on any atom is 0.315 e. The van der Waals surface area contributed by atoms with Crippen molar-refractivity contribution in [3.05, 3.63) is 35.9 Å². The maximum atomic E-state index is 11.2. The van der Waals surface area contributed by atoms with Gasteiger partial charge >= 0.3 is 5.97 Å². The summed E-state index contributed by atoms with van der Waals surface area (Å²) in [4.78, 5) is 22.1. The van der Waals surface area contributed by atoms with Gasteiger partial charge in [0.15, 0.2) is 0 Å². The molecule has 0 aliphatic carbocycles. The van der Waals surface area contributed by atoms with Crippen LogP contribution in [-0.4, -0.2) is 24.7 Å². The molecule has 0 bridgehead atoms. The molecule has 0 atom stereocenters. The minimum absolute atomic E-state index is 0.263. The van der Waals surface area contributed by atoms with Crippen molar-refractivity contribution in [2.45, 2.75) is 13.3 Å². The number of hydrazone groups is 1. The van der Waals surface area contributed by atoms with Gasteiger partial charge in [-0.1, -0.05) is 30.3 Å². The fraction of sp³-hybridized carbons (Fsp3) is 0.250. The van der Waals surface area contributed by atoms with Crippen LogP contribution in [0.2, 0.25) is 0 Å². The second-order valence-electron chi connectivity index (χ2n) is 3.19. The van der Waals surface area contributed by atoms with Crippen LogP contribution < -0.4 is 5.43 Å². The molecule has 0 saturated carbocycles. The van der Waals surface area contributed by atoms with Crippen molar-refractivity contribution in [2.75, 3.05) is 6.61 Å². The van der Waals surface area contributed by atoms with E-state index in [1.54, 1.807) is 6.92 Å². The van der Waals surface area contributed by atoms with Gasteiger partial charge in [0.25, 0.3) is 5.91 Å². The fourth-order valence-corrected chi connectivity index (χ4v) is 1.10. The number of hydrogen-bond donors (Lipinski definition) is 1. The standard InChI is InChI=1S/C12H14N2O3/c1-2-17-12(16)8-11(15)14-13-9-10-6-4-3-5-7-10/h3-7,9H,2,8H2,1H3,(H,14,15)/b13-9+. The molecule has 0 aromatic heterocycles. The molecular weight excluding hydrogens is 220 g/mol. The molecular formula is C12H14N2O3. The highest BCUT2D eigenvalue weighted by atomic mass is 16.5. The smallest absolute Gasteiger partial charge is 0.315 e. The largest absolute Gasteiger partial charge is 0.466 e. The van der Waals surface area contributed by atoms with Gasteiger partial charge < -0.3 is 4.74 Å². The Morgan fingerprint density at radius 3 is 2.71 bits per heavy atom. The van der Waals surface area contributed by atoms with Crippen molar-refractivity contribution in [3.8, 4) is 0 Å². The van der Waals surface area contributed by atoms with E-state index in [-0.39, 0.29) is 13.0 Å². The third-order valence-corrected chi connectivity index (χ3v) is 1.81. The predicted molar refractivity (Wildman–Crippen MR) is 63.4 cm³/mol. The van der Waals surface area contributed by atoms with Crippen LogP contribution in [0.25, 0.3) is 0 Å². The first-order valence-corrected chi connectivity index (χ1v) is 5.25. The molecule has 0 fully saturated rings. The molecule has 17 heavy (non-hydrogen) atoms. The van der Waals surface area contributed by atoms with Crippen molar-refractivity contribution in [1.29, 1.82) is 0 Å². The summed E-state index contributed by atoms with van der Waals surface area (Å²) in [5.74, 6) is -1.05. The highest BCUT2D eigenvalue weighted by molar-refractivity contribution is 5.94. The summed E-state index contributed by atoms with van der Waals surface area (Å²) in [7, 11) is 0. The number of amides is 1. The molecule has 0 aliphatic heterocycles. The van der Waals surface area contributed by atoms with Crippen molar-refractivity contribution in [3.63, 3.8) is 0 Å². The molecule has 0 saturated heterocycles. The monoisotopic (exact) mass is 234 g/mol. The highest BCUT2D eigenvalue weighted by Gasteiger charge is 2.08. The lowest BCUT2D eigenvalue weighted by Gasteiger charge is -2.00. The van der Waals surface area contributed by atoms with Crippen LogP contribution in [-0.2, 0) is 14.3 Å². The number of nitrogens with zero attached hydrogens (tertiary/aromatic N) is 1. The topological polar surface area (TPSA) is 67.8 Å². The van der Waals surface area contributed by atoms with Gasteiger partial charge in [-0.2, -0.15) is 5.10 Å². The van der Waals surface area contributed by atoms with E-state index in [0.29, 0.717) is 0 Å². The quantitative estimate of drug-likeness (QED) is 0.359. The number of hydrogen-bond acceptors (Lipinski definition) is 4. The van der Waals surface area contributed by atoms with Crippen LogP contribution >= 0.6 is 0 Å². The van der Waals surface area contributed by atoms with Crippen molar-refractivity contribution >= 4 is 18.1 Å². The Kier molecular flexibility index (Phi) is 5.43. The van der Waals surface area contributed by atoms with Gasteiger partial charge in [0, 0.05) is 0 Å². The maximum absolute atomic E-state index is 11.2. The zero-order chi connectivity index (χ0) is 12.5. The summed E-state index contributed by atoms with van der Waals surface area (Å²) in [6.07, 6.45) is 1.18. The summed E-state index contributed by atoms with van der Waals surface area (Å²) >= 11 is 0. The number of benzene rings is 1. The van der Waals surface area contributed by atoms with Crippen LogP contribution in [0, 0.1) is 0 Å². The van der Waals surface area contributed by atoms with Crippen LogP contribution in [0.3, 0.4) is 0 Å². The van der Waals surface area contributed by atoms with Gasteiger partial charge in [-0.15, -0.1) is 0 Å². The third kappa shape index (κ3) is 5.46. The lowest BCUT2D eigenvalue weighted by molar-refractivity contribution is -0.145. The summed E-state index contributed by atoms with van der Waals surface area (Å²) in [5.41, 5.74) is 3.11. The van der Waals surface area contributed by atoms with Crippen LogP contribution in [0.5, 0.6) is 0 Å². The molecule has 1 N–H and O–H groups in total. The number of rotatable bonds is 5. The number of esters is 1. The molecule has 1 rings (SSSR count). The second-order valence-corrected chi connectivity index (χ2v) is 3.19. The van der Waals surface area contributed by atoms with E-state index in [0.717, 1.165) is 5.56 Å². The minimum atomic E-state index is -0.556. The lowest BCUT2D eigenvalue weighted by Crippen LogP contribution is -2.22. The summed E-state index contributed by atoms with van der Waals surface area (Å²) in [6.45, 7) is 1.95. The normalized spacial score (nSPS) is 10.2. The molecule has 0 spiro atoms. The molecule has 1 aromatic carbocycles. The number of carbonyl (C=O) groups is 2. The molecule has 0 radical (unpaired) electrons. The first-order chi connectivity index (χ1) is 8.22. The van der Waals surface area contributed by atoms with Crippen LogP contribution in [0.15, 0.2) is 35.4 Å². The van der Waals surface area contributed by atoms with E-state index >= 15 is 0 Å². The molecule has 0 heterocycles. The van der Waals surface area contributed by atoms with E-state index in [2.05, 4.69) is 15.3 Å². The Morgan fingerprint density at radius 2 is 2.06 bits per heavy atom. The van der Waals surface area contributed by atoms with Gasteiger partial charge in [0.2, 0.25) is 0 Å². The molecule has 1 aromatic rings. The summed E-state index contributed by atoms with van der Waals surface area (Å²) < 4.78 is 4.63. The molecule has 5 nitrogen and oxygen atoms in total. The van der Waals surface area contributed by atoms with Gasteiger partial charge in [-0.05, 0) is 12.5 Å². The van der Waals surface area contributed by atoms with Crippen molar-refractivity contribution in [1.82, 2.24) is 5.43 Å². The molecule has 0 aliphatic rings. The first-order valence-electron chi connectivity index (χ1n) is 5.25. The molecule has 0 unspecified atom stereocenters. The average Bonchev–Trinajstić information content (AvgIpc) is 2.30. The minimum Gasteiger partial charge on any atom is -0.466 e. The molecule has 90 valence electrons. The average molecular weight is 234 g/mol. The predicted octanol–water partition coefficient (Wildman–Crippen LogP) is 1.09. The van der Waals surface area contributed by atoms with Crippen LogP contribution in [0.1, 0.15) is 18.9 Å². The fourth-order valence-electron chi connectivity index (χ4n) is 1.10. The van der Waals surface area contributed by atoms with Gasteiger partial charge in [-0.3, -0.25) is 9.59 Å². The Bertz CT molecular complexity index is 401. The molecule has 1 amide bonds. The van der Waals surface area contributed by atoms with E-state index in [1.807, 2.05) is 30.3 Å². The zero-order valence-corrected chi connectivity index (χ0v) is 9.55. The van der Waals surface area contributed by atoms with Crippen molar-refractivity contribution < 1.29 is 14.3 Å². The SMILES string of the molecule is CCOC(=O)CC(=O)N/N=C/c1ccccc1. The van der Waals surface area contributed by atoms with Crippen molar-refractivity contribution in [2.24, 2.45) is 5.10 Å². The van der Waals surface area contributed by atoms with E-state index < -0.39 is 11.9 Å². The zero-order valence-electron chi connectivity index (χ0n) is 9.55. The van der Waals surface area contributed by atoms with Crippen LogP contribution in [0.4, 0.5) is 0 Å². The lowest BCUT2D eigenvalue weighted by atomic mass is 10.2. The third-order valence-electron chi connectivity index (χ3n) is 1.81. The molecule has 5 heteroatoms.